The predicted molar refractivity (Wildman–Crippen MR) is 161 cm³/mol. The third-order valence-electron chi connectivity index (χ3n) is 5.68. The fourth-order valence-corrected chi connectivity index (χ4v) is 3.81. The molecule has 0 atom stereocenters. The second kappa shape index (κ2) is 15.9. The molecule has 0 spiro atoms. The summed E-state index contributed by atoms with van der Waals surface area (Å²) >= 11 is 0. The van der Waals surface area contributed by atoms with E-state index in [9.17, 15) is 4.79 Å². The molecule has 0 aliphatic rings. The van der Waals surface area contributed by atoms with Crippen molar-refractivity contribution >= 4 is 28.3 Å². The largest absolute Gasteiger partial charge is 0.491 e. The zero-order valence-corrected chi connectivity index (χ0v) is 23.5. The van der Waals surface area contributed by atoms with Crippen LogP contribution in [0.1, 0.15) is 30.8 Å². The normalized spacial score (nSPS) is 10.6. The Labute approximate surface area is 236 Å². The van der Waals surface area contributed by atoms with Gasteiger partial charge in [-0.3, -0.25) is 9.78 Å². The zero-order valence-electron chi connectivity index (χ0n) is 23.5. The number of H-pyrrole nitrogens is 1. The van der Waals surface area contributed by atoms with Crippen molar-refractivity contribution < 1.29 is 14.3 Å². The molecule has 0 fully saturated rings. The van der Waals surface area contributed by atoms with Crippen molar-refractivity contribution in [3.63, 3.8) is 0 Å². The first-order valence-corrected chi connectivity index (χ1v) is 13.2. The monoisotopic (exact) mass is 542 g/mol. The van der Waals surface area contributed by atoms with Gasteiger partial charge in [0, 0.05) is 48.5 Å². The van der Waals surface area contributed by atoms with Crippen LogP contribution in [-0.4, -0.2) is 70.6 Å². The number of hydrogen-bond acceptors (Lipinski definition) is 8. The SMILES string of the molecule is C=CCN(C)CCC.C=CCOCCOc1ccnc(-c2ccnc(Nc3ccc4[nH]c(C(C)=O)cc4c3)n2)c1. The molecule has 0 saturated carbocycles. The average Bonchev–Trinajstić information content (AvgIpc) is 3.38. The van der Waals surface area contributed by atoms with Crippen molar-refractivity contribution in [1.82, 2.24) is 24.8 Å². The molecule has 3 aromatic heterocycles. The molecule has 0 aliphatic heterocycles. The first kappa shape index (κ1) is 30.2. The van der Waals surface area contributed by atoms with Gasteiger partial charge in [0.2, 0.25) is 5.95 Å². The molecule has 0 saturated heterocycles. The fourth-order valence-electron chi connectivity index (χ4n) is 3.81. The van der Waals surface area contributed by atoms with Crippen molar-refractivity contribution in [2.24, 2.45) is 0 Å². The highest BCUT2D eigenvalue weighted by atomic mass is 16.5. The zero-order chi connectivity index (χ0) is 28.7. The molecule has 4 aromatic rings. The van der Waals surface area contributed by atoms with Gasteiger partial charge in [0.15, 0.2) is 5.78 Å². The minimum Gasteiger partial charge on any atom is -0.491 e. The molecule has 9 heteroatoms. The Kier molecular flexibility index (Phi) is 12.0. The summed E-state index contributed by atoms with van der Waals surface area (Å²) in [6.07, 6.45) is 8.20. The summed E-state index contributed by atoms with van der Waals surface area (Å²) in [5.41, 5.74) is 3.63. The Hall–Kier alpha value is -4.34. The number of nitrogens with zero attached hydrogens (tertiary/aromatic N) is 4. The number of fused-ring (bicyclic) bond motifs is 1. The Balaban J connectivity index is 0.000000482. The molecule has 40 heavy (non-hydrogen) atoms. The molecular weight excluding hydrogens is 504 g/mol. The van der Waals surface area contributed by atoms with Gasteiger partial charge in [0.25, 0.3) is 0 Å². The number of benzene rings is 1. The Morgan fingerprint density at radius 1 is 1.05 bits per heavy atom. The Bertz CT molecular complexity index is 1400. The van der Waals surface area contributed by atoms with E-state index in [1.165, 1.54) is 19.9 Å². The van der Waals surface area contributed by atoms with Crippen molar-refractivity contribution in [3.8, 4) is 17.1 Å². The van der Waals surface area contributed by atoms with Gasteiger partial charge in [-0.15, -0.1) is 13.2 Å². The summed E-state index contributed by atoms with van der Waals surface area (Å²) in [6.45, 7) is 14.6. The number of rotatable bonds is 14. The van der Waals surface area contributed by atoms with Crippen LogP contribution in [0.4, 0.5) is 11.6 Å². The van der Waals surface area contributed by atoms with Crippen molar-refractivity contribution in [1.29, 1.82) is 0 Å². The molecule has 0 aliphatic carbocycles. The highest BCUT2D eigenvalue weighted by molar-refractivity contribution is 5.98. The molecule has 1 aromatic carbocycles. The molecule has 2 N–H and O–H groups in total. The fraction of sp³-hybridized carbons (Fsp3) is 0.290. The molecule has 3 heterocycles. The lowest BCUT2D eigenvalue weighted by atomic mass is 10.2. The average molecular weight is 543 g/mol. The van der Waals surface area contributed by atoms with E-state index in [-0.39, 0.29) is 5.78 Å². The highest BCUT2D eigenvalue weighted by Gasteiger charge is 2.08. The molecule has 0 amide bonds. The molecule has 0 bridgehead atoms. The summed E-state index contributed by atoms with van der Waals surface area (Å²) in [7, 11) is 2.10. The standard InChI is InChI=1S/C24H23N5O3.C7H15N/c1-3-10-31-11-12-32-19-6-8-25-23(15-19)21-7-9-26-24(29-21)27-18-4-5-20-17(13-18)14-22(28-20)16(2)30;1-4-6-8(3)7-5-2/h3-9,13-15,28H,1,10-12H2,2H3,(H,26,27,29);4H,1,5-7H2,2-3H3. The van der Waals surface area contributed by atoms with Crippen LogP contribution in [0.2, 0.25) is 0 Å². The second-order valence-corrected chi connectivity index (χ2v) is 9.07. The maximum atomic E-state index is 11.6. The van der Waals surface area contributed by atoms with Crippen LogP contribution in [0, 0.1) is 0 Å². The van der Waals surface area contributed by atoms with Crippen molar-refractivity contribution in [2.75, 3.05) is 45.3 Å². The topological polar surface area (TPSA) is 105 Å². The van der Waals surface area contributed by atoms with Gasteiger partial charge < -0.3 is 24.7 Å². The van der Waals surface area contributed by atoms with Gasteiger partial charge in [-0.25, -0.2) is 9.97 Å². The van der Waals surface area contributed by atoms with Crippen molar-refractivity contribution in [3.05, 3.63) is 85.9 Å². The summed E-state index contributed by atoms with van der Waals surface area (Å²) in [4.78, 5) is 30.2. The van der Waals surface area contributed by atoms with E-state index in [0.717, 1.165) is 23.1 Å². The number of Topliss-reactive ketones (excluding diaryl/α,β-unsaturated/α-hetero) is 1. The van der Waals surface area contributed by atoms with Gasteiger partial charge in [-0.2, -0.15) is 0 Å². The van der Waals surface area contributed by atoms with Gasteiger partial charge in [-0.05, 0) is 56.4 Å². The summed E-state index contributed by atoms with van der Waals surface area (Å²) in [5.74, 6) is 1.12. The van der Waals surface area contributed by atoms with Crippen LogP contribution in [0.25, 0.3) is 22.3 Å². The van der Waals surface area contributed by atoms with Crippen molar-refractivity contribution in [2.45, 2.75) is 20.3 Å². The van der Waals surface area contributed by atoms with Gasteiger partial charge in [0.1, 0.15) is 12.4 Å². The minimum atomic E-state index is -0.00487. The van der Waals surface area contributed by atoms with Gasteiger partial charge >= 0.3 is 0 Å². The quantitative estimate of drug-likeness (QED) is 0.113. The number of ketones is 1. The number of hydrogen-bond donors (Lipinski definition) is 2. The number of carbonyl (C=O) groups excluding carboxylic acids is 1. The van der Waals surface area contributed by atoms with E-state index in [1.54, 1.807) is 30.6 Å². The Morgan fingerprint density at radius 2 is 1.88 bits per heavy atom. The number of ether oxygens (including phenoxy) is 2. The lowest BCUT2D eigenvalue weighted by Crippen LogP contribution is -2.18. The maximum Gasteiger partial charge on any atom is 0.227 e. The van der Waals surface area contributed by atoms with E-state index in [0.29, 0.717) is 48.6 Å². The number of aromatic nitrogens is 4. The smallest absolute Gasteiger partial charge is 0.227 e. The maximum absolute atomic E-state index is 11.6. The lowest BCUT2D eigenvalue weighted by molar-refractivity contribution is 0.101. The molecular formula is C31H38N6O3. The number of aromatic amines is 1. The molecule has 4 rings (SSSR count). The van der Waals surface area contributed by atoms with E-state index in [4.69, 9.17) is 9.47 Å². The molecule has 0 unspecified atom stereocenters. The number of pyridine rings is 1. The van der Waals surface area contributed by atoms with Crippen LogP contribution in [0.15, 0.2) is 80.2 Å². The van der Waals surface area contributed by atoms with Crippen LogP contribution in [0.3, 0.4) is 0 Å². The van der Waals surface area contributed by atoms with E-state index in [1.807, 2.05) is 36.4 Å². The summed E-state index contributed by atoms with van der Waals surface area (Å²) in [5, 5.41) is 4.14. The third kappa shape index (κ3) is 9.44. The third-order valence-corrected chi connectivity index (χ3v) is 5.68. The number of nitrogens with one attached hydrogen (secondary N) is 2. The summed E-state index contributed by atoms with van der Waals surface area (Å²) in [6, 6.07) is 13.0. The molecule has 210 valence electrons. The summed E-state index contributed by atoms with van der Waals surface area (Å²) < 4.78 is 11.0. The van der Waals surface area contributed by atoms with E-state index >= 15 is 0 Å². The van der Waals surface area contributed by atoms with Crippen LogP contribution < -0.4 is 10.1 Å². The highest BCUT2D eigenvalue weighted by Crippen LogP contribution is 2.24. The van der Waals surface area contributed by atoms with Gasteiger partial charge in [-0.1, -0.05) is 19.1 Å². The first-order chi connectivity index (χ1) is 19.4. The van der Waals surface area contributed by atoms with Crippen LogP contribution in [0.5, 0.6) is 5.75 Å². The Morgan fingerprint density at radius 3 is 2.62 bits per heavy atom. The number of likely N-dealkylation sites (N-methyl/N-ethyl adjacent to an activating group) is 1. The molecule has 0 radical (unpaired) electrons. The minimum absolute atomic E-state index is 0.00487. The number of anilines is 2. The van der Waals surface area contributed by atoms with Crippen LogP contribution in [-0.2, 0) is 4.74 Å². The van der Waals surface area contributed by atoms with Crippen LogP contribution >= 0.6 is 0 Å². The van der Waals surface area contributed by atoms with Gasteiger partial charge in [0.05, 0.1) is 30.3 Å². The molecule has 9 nitrogen and oxygen atoms in total. The lowest BCUT2D eigenvalue weighted by Gasteiger charge is -2.10. The predicted octanol–water partition coefficient (Wildman–Crippen LogP) is 6.06. The number of carbonyl (C=O) groups is 1. The second-order valence-electron chi connectivity index (χ2n) is 9.07. The van der Waals surface area contributed by atoms with E-state index < -0.39 is 0 Å². The first-order valence-electron chi connectivity index (χ1n) is 13.2. The van der Waals surface area contributed by atoms with E-state index in [2.05, 4.69) is 57.3 Å².